The molecule has 25 heavy (non-hydrogen) atoms. The van der Waals surface area contributed by atoms with Gasteiger partial charge in [0.2, 0.25) is 0 Å². The maximum absolute atomic E-state index is 11.4. The number of fused-ring (bicyclic) bond motifs is 2. The number of nitrogens with zero attached hydrogens (tertiary/aromatic N) is 4. The Morgan fingerprint density at radius 3 is 2.68 bits per heavy atom. The Balaban J connectivity index is 1.44. The number of piperazine rings is 1. The van der Waals surface area contributed by atoms with Gasteiger partial charge in [-0.1, -0.05) is 17.8 Å². The lowest BCUT2D eigenvalue weighted by Gasteiger charge is -2.33. The Morgan fingerprint density at radius 1 is 1.16 bits per heavy atom. The lowest BCUT2D eigenvalue weighted by atomic mass is 10.1. The summed E-state index contributed by atoms with van der Waals surface area (Å²) in [6.07, 6.45) is 3.36. The van der Waals surface area contributed by atoms with Crippen molar-refractivity contribution < 1.29 is 8.42 Å². The van der Waals surface area contributed by atoms with Crippen molar-refractivity contribution in [2.75, 3.05) is 31.5 Å². The van der Waals surface area contributed by atoms with Crippen LogP contribution in [0.4, 0.5) is 11.5 Å². The largest absolute Gasteiger partial charge is 0.337 e. The van der Waals surface area contributed by atoms with E-state index in [1.807, 2.05) is 0 Å². The average Bonchev–Trinajstić information content (AvgIpc) is 2.59. The van der Waals surface area contributed by atoms with Crippen LogP contribution in [-0.2, 0) is 16.8 Å². The lowest BCUT2D eigenvalue weighted by molar-refractivity contribution is 0.181. The van der Waals surface area contributed by atoms with Crippen LogP contribution in [0.1, 0.15) is 5.56 Å². The number of rotatable bonds is 3. The molecular weight excluding hydrogens is 360 g/mol. The predicted octanol–water partition coefficient (Wildman–Crippen LogP) is 1.01. The fraction of sp³-hybridized carbons (Fsp3) is 0.333. The Labute approximate surface area is 150 Å². The van der Waals surface area contributed by atoms with E-state index in [1.165, 1.54) is 9.87 Å². The molecule has 10 heteroatoms. The first kappa shape index (κ1) is 16.7. The van der Waals surface area contributed by atoms with Crippen LogP contribution in [0, 0.1) is 0 Å². The van der Waals surface area contributed by atoms with Crippen molar-refractivity contribution in [3.8, 4) is 0 Å². The molecule has 0 unspecified atom stereocenters. The third-order valence-corrected chi connectivity index (χ3v) is 6.42. The van der Waals surface area contributed by atoms with Gasteiger partial charge in [-0.15, -0.1) is 0 Å². The molecule has 4 rings (SSSR count). The Morgan fingerprint density at radius 2 is 1.92 bits per heavy atom. The molecule has 1 aromatic carbocycles. The third kappa shape index (κ3) is 3.62. The molecule has 0 atom stereocenters. The van der Waals surface area contributed by atoms with Crippen LogP contribution in [0.5, 0.6) is 0 Å². The summed E-state index contributed by atoms with van der Waals surface area (Å²) < 4.78 is 24.1. The predicted molar refractivity (Wildman–Crippen MR) is 95.8 cm³/mol. The summed E-state index contributed by atoms with van der Waals surface area (Å²) in [5, 5.41) is 9.39. The molecule has 0 spiro atoms. The normalized spacial score (nSPS) is 18.3. The zero-order chi connectivity index (χ0) is 17.4. The molecule has 2 aliphatic heterocycles. The highest BCUT2D eigenvalue weighted by molar-refractivity contribution is 7.99. The molecule has 8 nitrogen and oxygen atoms in total. The van der Waals surface area contributed by atoms with E-state index in [0.717, 1.165) is 28.0 Å². The van der Waals surface area contributed by atoms with Gasteiger partial charge < -0.3 is 5.32 Å². The highest BCUT2D eigenvalue weighted by Crippen LogP contribution is 2.42. The molecule has 2 aliphatic rings. The molecule has 3 heterocycles. The minimum Gasteiger partial charge on any atom is -0.337 e. The molecular formula is C15H18N6O2S2. The number of hydrogen-bond acceptors (Lipinski definition) is 7. The van der Waals surface area contributed by atoms with Crippen LogP contribution >= 0.6 is 11.8 Å². The van der Waals surface area contributed by atoms with E-state index < -0.39 is 10.2 Å². The van der Waals surface area contributed by atoms with E-state index >= 15 is 0 Å². The smallest absolute Gasteiger partial charge is 0.276 e. The molecule has 0 saturated carbocycles. The van der Waals surface area contributed by atoms with E-state index in [1.54, 1.807) is 24.2 Å². The summed E-state index contributed by atoms with van der Waals surface area (Å²) in [5.41, 5.74) is 2.20. The molecule has 0 amide bonds. The molecule has 1 saturated heterocycles. The highest BCUT2D eigenvalue weighted by Gasteiger charge is 2.24. The quantitative estimate of drug-likeness (QED) is 0.701. The molecule has 1 aromatic heterocycles. The van der Waals surface area contributed by atoms with Crippen molar-refractivity contribution in [2.45, 2.75) is 16.5 Å². The van der Waals surface area contributed by atoms with E-state index in [2.05, 4.69) is 38.4 Å². The van der Waals surface area contributed by atoms with Crippen molar-refractivity contribution in [3.63, 3.8) is 0 Å². The number of anilines is 2. The topological polar surface area (TPSA) is 104 Å². The molecule has 0 radical (unpaired) electrons. The number of hydrogen-bond donors (Lipinski definition) is 2. The summed E-state index contributed by atoms with van der Waals surface area (Å²) in [7, 11) is -3.58. The average molecular weight is 378 g/mol. The van der Waals surface area contributed by atoms with Gasteiger partial charge in [0.25, 0.3) is 10.2 Å². The molecule has 1 fully saturated rings. The van der Waals surface area contributed by atoms with E-state index in [9.17, 15) is 8.42 Å². The second-order valence-corrected chi connectivity index (χ2v) is 8.56. The van der Waals surface area contributed by atoms with Crippen molar-refractivity contribution in [1.29, 1.82) is 0 Å². The first-order valence-corrected chi connectivity index (χ1v) is 10.2. The number of benzene rings is 1. The van der Waals surface area contributed by atoms with Crippen molar-refractivity contribution >= 4 is 33.5 Å². The molecule has 3 N–H and O–H groups in total. The first-order valence-electron chi connectivity index (χ1n) is 7.88. The second-order valence-electron chi connectivity index (χ2n) is 5.99. The van der Waals surface area contributed by atoms with Crippen LogP contribution < -0.4 is 10.5 Å². The first-order chi connectivity index (χ1) is 12.0. The summed E-state index contributed by atoms with van der Waals surface area (Å²) in [5.74, 6) is 0.777. The van der Waals surface area contributed by atoms with Crippen molar-refractivity contribution in [2.24, 2.45) is 5.14 Å². The molecule has 2 aromatic rings. The fourth-order valence-electron chi connectivity index (χ4n) is 2.98. The van der Waals surface area contributed by atoms with Gasteiger partial charge in [-0.2, -0.15) is 12.7 Å². The van der Waals surface area contributed by atoms with Gasteiger partial charge in [0, 0.05) is 50.0 Å². The van der Waals surface area contributed by atoms with E-state index in [4.69, 9.17) is 5.14 Å². The number of nitrogens with two attached hydrogens (primary N) is 1. The van der Waals surface area contributed by atoms with Gasteiger partial charge >= 0.3 is 0 Å². The standard InChI is InChI=1S/C15H18N6O2S2/c16-25(22,23)21-7-5-20(6-8-21)10-11-1-2-13-12(9-11)19-14-15(24-13)18-4-3-17-14/h1-4,9H,5-8,10H2,(H,17,19)(H2,16,22,23). The van der Waals surface area contributed by atoms with Crippen molar-refractivity contribution in [3.05, 3.63) is 36.2 Å². The number of aromatic nitrogens is 2. The van der Waals surface area contributed by atoms with Gasteiger partial charge in [-0.3, -0.25) is 4.90 Å². The van der Waals surface area contributed by atoms with Crippen LogP contribution in [-0.4, -0.2) is 53.8 Å². The Kier molecular flexibility index (Phi) is 4.38. The van der Waals surface area contributed by atoms with Gasteiger partial charge in [-0.25, -0.2) is 15.1 Å². The molecule has 0 bridgehead atoms. The molecule has 132 valence electrons. The van der Waals surface area contributed by atoms with Gasteiger partial charge in [-0.05, 0) is 17.7 Å². The Hall–Kier alpha value is -1.72. The second kappa shape index (κ2) is 6.54. The fourth-order valence-corrected chi connectivity index (χ4v) is 4.53. The summed E-state index contributed by atoms with van der Waals surface area (Å²) >= 11 is 1.60. The van der Waals surface area contributed by atoms with Gasteiger partial charge in [0.05, 0.1) is 5.69 Å². The maximum atomic E-state index is 11.4. The van der Waals surface area contributed by atoms with Crippen LogP contribution in [0.3, 0.4) is 0 Å². The zero-order valence-corrected chi connectivity index (χ0v) is 15.1. The van der Waals surface area contributed by atoms with Gasteiger partial charge in [0.15, 0.2) is 5.82 Å². The minimum atomic E-state index is -3.58. The minimum absolute atomic E-state index is 0.431. The number of nitrogens with one attached hydrogen (secondary N) is 1. The molecule has 0 aliphatic carbocycles. The Bertz CT molecular complexity index is 897. The van der Waals surface area contributed by atoms with Gasteiger partial charge in [0.1, 0.15) is 5.03 Å². The summed E-state index contributed by atoms with van der Waals surface area (Å²) in [6, 6.07) is 6.30. The van der Waals surface area contributed by atoms with E-state index in [-0.39, 0.29) is 0 Å². The third-order valence-electron chi connectivity index (χ3n) is 4.27. The zero-order valence-electron chi connectivity index (χ0n) is 13.4. The lowest BCUT2D eigenvalue weighted by Crippen LogP contribution is -2.50. The maximum Gasteiger partial charge on any atom is 0.276 e. The highest BCUT2D eigenvalue weighted by atomic mass is 32.2. The summed E-state index contributed by atoms with van der Waals surface area (Å²) in [4.78, 5) is 12.0. The SMILES string of the molecule is NS(=O)(=O)N1CCN(Cc2ccc3c(c2)Nc2nccnc2S3)CC1. The van der Waals surface area contributed by atoms with Crippen molar-refractivity contribution in [1.82, 2.24) is 19.2 Å². The van der Waals surface area contributed by atoms with Crippen LogP contribution in [0.15, 0.2) is 40.5 Å². The van der Waals surface area contributed by atoms with Crippen LogP contribution in [0.25, 0.3) is 0 Å². The summed E-state index contributed by atoms with van der Waals surface area (Å²) in [6.45, 7) is 2.97. The monoisotopic (exact) mass is 378 g/mol. The van der Waals surface area contributed by atoms with E-state index in [0.29, 0.717) is 26.2 Å². The van der Waals surface area contributed by atoms with Crippen LogP contribution in [0.2, 0.25) is 0 Å².